The van der Waals surface area contributed by atoms with E-state index < -0.39 is 0 Å². The van der Waals surface area contributed by atoms with Gasteiger partial charge in [-0.05, 0) is 57.8 Å². The number of nitrogens with two attached hydrogens (primary N) is 1. The lowest BCUT2D eigenvalue weighted by Gasteiger charge is -2.46. The van der Waals surface area contributed by atoms with Gasteiger partial charge in [-0.15, -0.1) is 0 Å². The summed E-state index contributed by atoms with van der Waals surface area (Å²) < 4.78 is 0. The Labute approximate surface area is 120 Å². The summed E-state index contributed by atoms with van der Waals surface area (Å²) in [6, 6.07) is 0.641. The SMILES string of the molecule is CCC1CCCC(CN)(N(CC2CC2)C(C)C)CC1. The molecule has 2 heteroatoms. The van der Waals surface area contributed by atoms with Gasteiger partial charge in [-0.1, -0.05) is 26.2 Å². The van der Waals surface area contributed by atoms with Gasteiger partial charge in [-0.2, -0.15) is 0 Å². The van der Waals surface area contributed by atoms with Crippen molar-refractivity contribution in [1.82, 2.24) is 4.90 Å². The zero-order valence-electron chi connectivity index (χ0n) is 13.3. The molecule has 2 aliphatic rings. The molecule has 2 N–H and O–H groups in total. The molecule has 2 nitrogen and oxygen atoms in total. The maximum Gasteiger partial charge on any atom is 0.0334 e. The highest BCUT2D eigenvalue weighted by Gasteiger charge is 2.40. The van der Waals surface area contributed by atoms with E-state index in [1.165, 1.54) is 57.9 Å². The predicted octanol–water partition coefficient (Wildman–Crippen LogP) is 3.79. The molecule has 0 aliphatic heterocycles. The lowest BCUT2D eigenvalue weighted by molar-refractivity contribution is 0.0422. The van der Waals surface area contributed by atoms with E-state index in [2.05, 4.69) is 25.7 Å². The number of rotatable bonds is 6. The summed E-state index contributed by atoms with van der Waals surface area (Å²) >= 11 is 0. The summed E-state index contributed by atoms with van der Waals surface area (Å²) in [6.07, 6.45) is 11.1. The minimum atomic E-state index is 0.306. The van der Waals surface area contributed by atoms with Gasteiger partial charge in [-0.3, -0.25) is 4.90 Å². The fraction of sp³-hybridized carbons (Fsp3) is 1.00. The molecule has 0 amide bonds. The minimum Gasteiger partial charge on any atom is -0.329 e. The standard InChI is InChI=1S/C17H34N2/c1-4-15-6-5-10-17(13-18,11-9-15)19(14(2)3)12-16-7-8-16/h14-16H,4-13,18H2,1-3H3. The van der Waals surface area contributed by atoms with Gasteiger partial charge in [0.25, 0.3) is 0 Å². The first-order valence-electron chi connectivity index (χ1n) is 8.58. The van der Waals surface area contributed by atoms with Crippen molar-refractivity contribution in [3.05, 3.63) is 0 Å². The van der Waals surface area contributed by atoms with E-state index in [1.807, 2.05) is 0 Å². The van der Waals surface area contributed by atoms with Gasteiger partial charge in [0, 0.05) is 24.7 Å². The molecule has 112 valence electrons. The molecule has 0 heterocycles. The van der Waals surface area contributed by atoms with Crippen LogP contribution < -0.4 is 5.73 Å². The van der Waals surface area contributed by atoms with E-state index >= 15 is 0 Å². The summed E-state index contributed by atoms with van der Waals surface area (Å²) in [7, 11) is 0. The first-order chi connectivity index (χ1) is 9.11. The summed E-state index contributed by atoms with van der Waals surface area (Å²) in [5.41, 5.74) is 6.59. The van der Waals surface area contributed by atoms with Gasteiger partial charge in [0.05, 0.1) is 0 Å². The number of hydrogen-bond donors (Lipinski definition) is 1. The Bertz CT molecular complexity index is 272. The smallest absolute Gasteiger partial charge is 0.0334 e. The molecule has 19 heavy (non-hydrogen) atoms. The van der Waals surface area contributed by atoms with E-state index in [1.54, 1.807) is 0 Å². The molecular formula is C17H34N2. The van der Waals surface area contributed by atoms with Crippen LogP contribution in [-0.4, -0.2) is 29.6 Å². The van der Waals surface area contributed by atoms with Crippen molar-refractivity contribution in [2.24, 2.45) is 17.6 Å². The van der Waals surface area contributed by atoms with Crippen molar-refractivity contribution < 1.29 is 0 Å². The third kappa shape index (κ3) is 3.72. The quantitative estimate of drug-likeness (QED) is 0.741. The molecule has 0 radical (unpaired) electrons. The predicted molar refractivity (Wildman–Crippen MR) is 83.2 cm³/mol. The van der Waals surface area contributed by atoms with Crippen molar-refractivity contribution in [3.8, 4) is 0 Å². The summed E-state index contributed by atoms with van der Waals surface area (Å²) in [5.74, 6) is 1.92. The van der Waals surface area contributed by atoms with E-state index in [9.17, 15) is 0 Å². The van der Waals surface area contributed by atoms with Crippen LogP contribution in [-0.2, 0) is 0 Å². The summed E-state index contributed by atoms with van der Waals surface area (Å²) in [6.45, 7) is 9.23. The van der Waals surface area contributed by atoms with Crippen LogP contribution in [0.5, 0.6) is 0 Å². The highest BCUT2D eigenvalue weighted by Crippen LogP contribution is 2.39. The van der Waals surface area contributed by atoms with Crippen molar-refractivity contribution in [3.63, 3.8) is 0 Å². The molecule has 0 saturated heterocycles. The van der Waals surface area contributed by atoms with Gasteiger partial charge < -0.3 is 5.73 Å². The highest BCUT2D eigenvalue weighted by molar-refractivity contribution is 4.97. The third-order valence-corrected chi connectivity index (χ3v) is 5.61. The number of nitrogens with zero attached hydrogens (tertiary/aromatic N) is 1. The Kier molecular flexibility index (Phi) is 5.30. The molecule has 2 fully saturated rings. The largest absolute Gasteiger partial charge is 0.329 e. The molecule has 0 aromatic carbocycles. The fourth-order valence-electron chi connectivity index (χ4n) is 4.01. The minimum absolute atomic E-state index is 0.306. The van der Waals surface area contributed by atoms with E-state index in [-0.39, 0.29) is 0 Å². The molecular weight excluding hydrogens is 232 g/mol. The van der Waals surface area contributed by atoms with Gasteiger partial charge in [0.2, 0.25) is 0 Å². The van der Waals surface area contributed by atoms with Crippen LogP contribution in [0.1, 0.15) is 72.1 Å². The van der Waals surface area contributed by atoms with E-state index in [0.717, 1.165) is 18.4 Å². The molecule has 2 rings (SSSR count). The van der Waals surface area contributed by atoms with Crippen LogP contribution in [0, 0.1) is 11.8 Å². The van der Waals surface area contributed by atoms with Gasteiger partial charge in [0.1, 0.15) is 0 Å². The number of hydrogen-bond acceptors (Lipinski definition) is 2. The fourth-order valence-corrected chi connectivity index (χ4v) is 4.01. The molecule has 0 bridgehead atoms. The van der Waals surface area contributed by atoms with Crippen LogP contribution in [0.4, 0.5) is 0 Å². The lowest BCUT2D eigenvalue weighted by Crippen LogP contribution is -2.57. The zero-order chi connectivity index (χ0) is 13.9. The average molecular weight is 266 g/mol. The van der Waals surface area contributed by atoms with Gasteiger partial charge in [0.15, 0.2) is 0 Å². The van der Waals surface area contributed by atoms with E-state index in [0.29, 0.717) is 11.6 Å². The Morgan fingerprint density at radius 2 is 1.84 bits per heavy atom. The zero-order valence-corrected chi connectivity index (χ0v) is 13.3. The molecule has 0 aromatic rings. The van der Waals surface area contributed by atoms with Crippen molar-refractivity contribution in [2.45, 2.75) is 83.7 Å². The molecule has 0 spiro atoms. The Morgan fingerprint density at radius 1 is 1.11 bits per heavy atom. The van der Waals surface area contributed by atoms with Crippen molar-refractivity contribution in [2.75, 3.05) is 13.1 Å². The second kappa shape index (κ2) is 6.58. The summed E-state index contributed by atoms with van der Waals surface area (Å²) in [4.78, 5) is 2.78. The normalized spacial score (nSPS) is 32.8. The first-order valence-corrected chi connectivity index (χ1v) is 8.58. The lowest BCUT2D eigenvalue weighted by atomic mass is 9.86. The molecule has 2 atom stereocenters. The second-order valence-electron chi connectivity index (χ2n) is 7.32. The summed E-state index contributed by atoms with van der Waals surface area (Å²) in [5, 5.41) is 0. The highest BCUT2D eigenvalue weighted by atomic mass is 15.2. The maximum absolute atomic E-state index is 6.29. The van der Waals surface area contributed by atoms with Crippen molar-refractivity contribution in [1.29, 1.82) is 0 Å². The van der Waals surface area contributed by atoms with Crippen LogP contribution >= 0.6 is 0 Å². The topological polar surface area (TPSA) is 29.3 Å². The Morgan fingerprint density at radius 3 is 2.37 bits per heavy atom. The molecule has 2 unspecified atom stereocenters. The molecule has 2 saturated carbocycles. The van der Waals surface area contributed by atoms with Crippen LogP contribution in [0.15, 0.2) is 0 Å². The van der Waals surface area contributed by atoms with Gasteiger partial charge >= 0.3 is 0 Å². The Hall–Kier alpha value is -0.0800. The molecule has 0 aromatic heterocycles. The third-order valence-electron chi connectivity index (χ3n) is 5.61. The monoisotopic (exact) mass is 266 g/mol. The van der Waals surface area contributed by atoms with Crippen LogP contribution in [0.2, 0.25) is 0 Å². The molecule has 2 aliphatic carbocycles. The average Bonchev–Trinajstić information content (AvgIpc) is 3.22. The van der Waals surface area contributed by atoms with Crippen molar-refractivity contribution >= 4 is 0 Å². The maximum atomic E-state index is 6.29. The second-order valence-corrected chi connectivity index (χ2v) is 7.32. The van der Waals surface area contributed by atoms with E-state index in [4.69, 9.17) is 5.73 Å². The first kappa shape index (κ1) is 15.3. The van der Waals surface area contributed by atoms with Gasteiger partial charge in [-0.25, -0.2) is 0 Å². The Balaban J connectivity index is 2.08. The van der Waals surface area contributed by atoms with Crippen LogP contribution in [0.3, 0.4) is 0 Å². The van der Waals surface area contributed by atoms with Crippen LogP contribution in [0.25, 0.3) is 0 Å².